The number of rotatable bonds is 2. The van der Waals surface area contributed by atoms with Crippen LogP contribution in [0.3, 0.4) is 0 Å². The van der Waals surface area contributed by atoms with E-state index in [1.165, 1.54) is 12.1 Å². The molecule has 2 rings (SSSR count). The number of halogens is 3. The van der Waals surface area contributed by atoms with Crippen molar-refractivity contribution < 1.29 is 23.1 Å². The molecule has 0 saturated heterocycles. The van der Waals surface area contributed by atoms with Gasteiger partial charge in [-0.15, -0.1) is 0 Å². The lowest BCUT2D eigenvalue weighted by atomic mass is 9.99. The average Bonchev–Trinajstić information content (AvgIpc) is 2.33. The number of carbonyl (C=O) groups is 1. The molecule has 2 aromatic rings. The fourth-order valence-electron chi connectivity index (χ4n) is 1.64. The first-order valence-electron chi connectivity index (χ1n) is 4.98. The largest absolute Gasteiger partial charge is 0.478 e. The summed E-state index contributed by atoms with van der Waals surface area (Å²) < 4.78 is 39.6. The van der Waals surface area contributed by atoms with E-state index in [1.807, 2.05) is 0 Å². The van der Waals surface area contributed by atoms with Crippen molar-refractivity contribution in [1.82, 2.24) is 0 Å². The van der Waals surface area contributed by atoms with Crippen molar-refractivity contribution in [1.29, 1.82) is 0 Å². The van der Waals surface area contributed by atoms with Crippen LogP contribution in [0.4, 0.5) is 13.2 Å². The van der Waals surface area contributed by atoms with E-state index in [-0.39, 0.29) is 11.1 Å². The molecule has 2 nitrogen and oxygen atoms in total. The second-order valence-corrected chi connectivity index (χ2v) is 3.60. The van der Waals surface area contributed by atoms with Gasteiger partial charge < -0.3 is 5.11 Å². The van der Waals surface area contributed by atoms with Gasteiger partial charge in [0.15, 0.2) is 11.6 Å². The monoisotopic (exact) mass is 252 g/mol. The maximum Gasteiger partial charge on any atom is 0.336 e. The van der Waals surface area contributed by atoms with Gasteiger partial charge in [-0.05, 0) is 23.8 Å². The van der Waals surface area contributed by atoms with E-state index >= 15 is 0 Å². The predicted octanol–water partition coefficient (Wildman–Crippen LogP) is 3.47. The van der Waals surface area contributed by atoms with Gasteiger partial charge in [-0.1, -0.05) is 18.2 Å². The second kappa shape index (κ2) is 4.52. The zero-order valence-corrected chi connectivity index (χ0v) is 8.95. The van der Waals surface area contributed by atoms with Crippen molar-refractivity contribution in [2.45, 2.75) is 0 Å². The van der Waals surface area contributed by atoms with E-state index in [9.17, 15) is 18.0 Å². The first kappa shape index (κ1) is 12.2. The molecule has 0 atom stereocenters. The van der Waals surface area contributed by atoms with Crippen molar-refractivity contribution in [2.24, 2.45) is 0 Å². The van der Waals surface area contributed by atoms with Crippen molar-refractivity contribution in [3.05, 3.63) is 59.4 Å². The van der Waals surface area contributed by atoms with E-state index in [2.05, 4.69) is 0 Å². The molecule has 0 aliphatic rings. The third-order valence-electron chi connectivity index (χ3n) is 2.45. The SMILES string of the molecule is O=C(O)c1cc(F)ccc1-c1cccc(F)c1F. The highest BCUT2D eigenvalue weighted by atomic mass is 19.2. The molecule has 0 aromatic heterocycles. The van der Waals surface area contributed by atoms with Crippen LogP contribution in [0.2, 0.25) is 0 Å². The zero-order valence-electron chi connectivity index (χ0n) is 8.95. The molecule has 2 aromatic carbocycles. The van der Waals surface area contributed by atoms with Crippen LogP contribution >= 0.6 is 0 Å². The number of aromatic carboxylic acids is 1. The maximum atomic E-state index is 13.6. The molecule has 0 spiro atoms. The summed E-state index contributed by atoms with van der Waals surface area (Å²) in [7, 11) is 0. The molecular formula is C13H7F3O2. The molecule has 0 fully saturated rings. The lowest BCUT2D eigenvalue weighted by molar-refractivity contribution is 0.0697. The van der Waals surface area contributed by atoms with Crippen molar-refractivity contribution in [3.8, 4) is 11.1 Å². The number of carboxylic acids is 1. The molecule has 0 unspecified atom stereocenters. The highest BCUT2D eigenvalue weighted by Crippen LogP contribution is 2.28. The van der Waals surface area contributed by atoms with Crippen LogP contribution in [0.1, 0.15) is 10.4 Å². The fraction of sp³-hybridized carbons (Fsp3) is 0. The van der Waals surface area contributed by atoms with Crippen molar-refractivity contribution >= 4 is 5.97 Å². The first-order valence-corrected chi connectivity index (χ1v) is 4.98. The van der Waals surface area contributed by atoms with E-state index < -0.39 is 29.0 Å². The Morgan fingerprint density at radius 1 is 1.00 bits per heavy atom. The quantitative estimate of drug-likeness (QED) is 0.888. The minimum atomic E-state index is -1.41. The number of benzene rings is 2. The lowest BCUT2D eigenvalue weighted by Crippen LogP contribution is -2.02. The minimum absolute atomic E-state index is 0.0686. The van der Waals surface area contributed by atoms with Gasteiger partial charge in [0.25, 0.3) is 0 Å². The van der Waals surface area contributed by atoms with Crippen LogP contribution < -0.4 is 0 Å². The van der Waals surface area contributed by atoms with Gasteiger partial charge >= 0.3 is 5.97 Å². The number of hydrogen-bond donors (Lipinski definition) is 1. The summed E-state index contributed by atoms with van der Waals surface area (Å²) in [5, 5.41) is 8.93. The first-order chi connectivity index (χ1) is 8.50. The van der Waals surface area contributed by atoms with Gasteiger partial charge in [-0.3, -0.25) is 0 Å². The Kier molecular flexibility index (Phi) is 3.06. The van der Waals surface area contributed by atoms with Gasteiger partial charge in [0.2, 0.25) is 0 Å². The Morgan fingerprint density at radius 2 is 1.72 bits per heavy atom. The Morgan fingerprint density at radius 3 is 2.39 bits per heavy atom. The zero-order chi connectivity index (χ0) is 13.3. The van der Waals surface area contributed by atoms with Gasteiger partial charge in [-0.2, -0.15) is 0 Å². The minimum Gasteiger partial charge on any atom is -0.478 e. The van der Waals surface area contributed by atoms with Gasteiger partial charge in [-0.25, -0.2) is 18.0 Å². The molecule has 1 N–H and O–H groups in total. The molecule has 0 bridgehead atoms. The third-order valence-corrected chi connectivity index (χ3v) is 2.45. The molecule has 0 aliphatic heterocycles. The van der Waals surface area contributed by atoms with Gasteiger partial charge in [0.1, 0.15) is 5.82 Å². The van der Waals surface area contributed by atoms with Crippen LogP contribution in [-0.2, 0) is 0 Å². The number of carboxylic acid groups (broad SMARTS) is 1. The predicted molar refractivity (Wildman–Crippen MR) is 58.7 cm³/mol. The Bertz CT molecular complexity index is 624. The molecule has 18 heavy (non-hydrogen) atoms. The van der Waals surface area contributed by atoms with Gasteiger partial charge in [0.05, 0.1) is 5.56 Å². The highest BCUT2D eigenvalue weighted by Gasteiger charge is 2.17. The molecule has 92 valence electrons. The second-order valence-electron chi connectivity index (χ2n) is 3.60. The summed E-state index contributed by atoms with van der Waals surface area (Å²) in [6, 6.07) is 6.27. The molecule has 0 saturated carbocycles. The highest BCUT2D eigenvalue weighted by molar-refractivity contribution is 5.96. The fourth-order valence-corrected chi connectivity index (χ4v) is 1.64. The molecule has 0 aliphatic carbocycles. The van der Waals surface area contributed by atoms with E-state index in [0.717, 1.165) is 24.3 Å². The van der Waals surface area contributed by atoms with E-state index in [1.54, 1.807) is 0 Å². The lowest BCUT2D eigenvalue weighted by Gasteiger charge is -2.08. The summed E-state index contributed by atoms with van der Waals surface area (Å²) in [6.45, 7) is 0. The van der Waals surface area contributed by atoms with Crippen LogP contribution in [-0.4, -0.2) is 11.1 Å². The molecule has 0 radical (unpaired) electrons. The normalized spacial score (nSPS) is 10.4. The van der Waals surface area contributed by atoms with Crippen LogP contribution in [0, 0.1) is 17.5 Å². The Balaban J connectivity index is 2.71. The molecule has 5 heteroatoms. The van der Waals surface area contributed by atoms with Crippen LogP contribution in [0.5, 0.6) is 0 Å². The van der Waals surface area contributed by atoms with Crippen molar-refractivity contribution in [2.75, 3.05) is 0 Å². The van der Waals surface area contributed by atoms with E-state index in [0.29, 0.717) is 0 Å². The molecule has 0 heterocycles. The molecule has 0 amide bonds. The molecular weight excluding hydrogens is 245 g/mol. The smallest absolute Gasteiger partial charge is 0.336 e. The topological polar surface area (TPSA) is 37.3 Å². The Hall–Kier alpha value is -2.30. The standard InChI is InChI=1S/C13H7F3O2/c14-7-4-5-8(10(6-7)13(17)18)9-2-1-3-11(15)12(9)16/h1-6H,(H,17,18). The average molecular weight is 252 g/mol. The van der Waals surface area contributed by atoms with Crippen LogP contribution in [0.15, 0.2) is 36.4 Å². The van der Waals surface area contributed by atoms with Crippen LogP contribution in [0.25, 0.3) is 11.1 Å². The van der Waals surface area contributed by atoms with Crippen molar-refractivity contribution in [3.63, 3.8) is 0 Å². The summed E-state index contributed by atoms with van der Waals surface area (Å²) in [5.74, 6) is -4.42. The van der Waals surface area contributed by atoms with E-state index in [4.69, 9.17) is 5.11 Å². The summed E-state index contributed by atoms with van der Waals surface area (Å²) in [4.78, 5) is 11.0. The summed E-state index contributed by atoms with van der Waals surface area (Å²) >= 11 is 0. The summed E-state index contributed by atoms with van der Waals surface area (Å²) in [5.41, 5.74) is -0.701. The maximum absolute atomic E-state index is 13.6. The number of hydrogen-bond acceptors (Lipinski definition) is 1. The third kappa shape index (κ3) is 2.07. The summed E-state index contributed by atoms with van der Waals surface area (Å²) in [6.07, 6.45) is 0. The Labute approximate surface area is 100 Å². The van der Waals surface area contributed by atoms with Gasteiger partial charge in [0, 0.05) is 5.56 Å².